The minimum Gasteiger partial charge on any atom is -0.374 e. The average Bonchev–Trinajstić information content (AvgIpc) is 3.01. The van der Waals surface area contributed by atoms with E-state index in [-0.39, 0.29) is 12.0 Å². The van der Waals surface area contributed by atoms with Gasteiger partial charge in [0.2, 0.25) is 0 Å². The van der Waals surface area contributed by atoms with Crippen molar-refractivity contribution < 1.29 is 9.53 Å². The van der Waals surface area contributed by atoms with E-state index in [9.17, 15) is 4.79 Å². The van der Waals surface area contributed by atoms with Gasteiger partial charge in [0.1, 0.15) is 0 Å². The van der Waals surface area contributed by atoms with Crippen LogP contribution >= 0.6 is 0 Å². The van der Waals surface area contributed by atoms with E-state index in [1.54, 1.807) is 6.20 Å². The van der Waals surface area contributed by atoms with Crippen molar-refractivity contribution in [2.75, 3.05) is 32.8 Å². The van der Waals surface area contributed by atoms with Crippen LogP contribution in [0.4, 0.5) is 0 Å². The molecule has 1 unspecified atom stereocenters. The molecule has 0 bridgehead atoms. The third kappa shape index (κ3) is 3.89. The molecule has 1 aromatic heterocycles. The largest absolute Gasteiger partial charge is 0.374 e. The van der Waals surface area contributed by atoms with Crippen molar-refractivity contribution in [2.45, 2.75) is 20.0 Å². The highest BCUT2D eigenvalue weighted by molar-refractivity contribution is 6.05. The Morgan fingerprint density at radius 1 is 1.52 bits per heavy atom. The molecule has 0 aliphatic carbocycles. The number of hydrogen-bond donors (Lipinski definition) is 2. The number of carbonyl (C=O) groups excluding carboxylic acids is 1. The number of fused-ring (bicyclic) bond motifs is 1. The Bertz CT molecular complexity index is 667. The van der Waals surface area contributed by atoms with Crippen molar-refractivity contribution in [1.29, 1.82) is 0 Å². The molecule has 6 nitrogen and oxygen atoms in total. The number of morpholine rings is 1. The number of amides is 1. The summed E-state index contributed by atoms with van der Waals surface area (Å²) in [5.74, 6) is 0.547. The summed E-state index contributed by atoms with van der Waals surface area (Å²) in [6.07, 6.45) is 1.77. The highest BCUT2D eigenvalue weighted by atomic mass is 16.5. The van der Waals surface area contributed by atoms with E-state index in [0.29, 0.717) is 18.0 Å². The molecule has 1 fully saturated rings. The van der Waals surface area contributed by atoms with Gasteiger partial charge in [0.05, 0.1) is 30.0 Å². The molecule has 1 aliphatic rings. The van der Waals surface area contributed by atoms with Crippen LogP contribution in [0.25, 0.3) is 10.9 Å². The minimum absolute atomic E-state index is 0.0485. The lowest BCUT2D eigenvalue weighted by Gasteiger charge is -2.33. The Morgan fingerprint density at radius 2 is 2.39 bits per heavy atom. The maximum atomic E-state index is 12.4. The summed E-state index contributed by atoms with van der Waals surface area (Å²) in [5.41, 5.74) is 1.39. The summed E-state index contributed by atoms with van der Waals surface area (Å²) in [6.45, 7) is 8.60. The van der Waals surface area contributed by atoms with Crippen LogP contribution in [0.2, 0.25) is 0 Å². The molecule has 1 saturated heterocycles. The zero-order chi connectivity index (χ0) is 16.2. The summed E-state index contributed by atoms with van der Waals surface area (Å²) in [5, 5.41) is 10.8. The van der Waals surface area contributed by atoms with Gasteiger partial charge in [0.25, 0.3) is 5.91 Å². The molecule has 124 valence electrons. The molecule has 2 aromatic rings. The number of nitrogens with zero attached hydrogens (tertiary/aromatic N) is 2. The summed E-state index contributed by atoms with van der Waals surface area (Å²) in [6, 6.07) is 5.61. The van der Waals surface area contributed by atoms with Crippen LogP contribution in [0, 0.1) is 5.92 Å². The van der Waals surface area contributed by atoms with Gasteiger partial charge in [0.15, 0.2) is 0 Å². The molecule has 1 amide bonds. The molecule has 23 heavy (non-hydrogen) atoms. The lowest BCUT2D eigenvalue weighted by Crippen LogP contribution is -2.48. The summed E-state index contributed by atoms with van der Waals surface area (Å²) in [4.78, 5) is 14.8. The second kappa shape index (κ2) is 7.10. The molecule has 0 saturated carbocycles. The Balaban J connectivity index is 1.57. The summed E-state index contributed by atoms with van der Waals surface area (Å²) < 4.78 is 5.77. The molecular weight excluding hydrogens is 292 g/mol. The molecule has 0 spiro atoms. The molecule has 0 radical (unpaired) electrons. The van der Waals surface area contributed by atoms with E-state index in [2.05, 4.69) is 34.3 Å². The first-order valence-electron chi connectivity index (χ1n) is 8.17. The van der Waals surface area contributed by atoms with Gasteiger partial charge >= 0.3 is 0 Å². The number of hydrogen-bond acceptors (Lipinski definition) is 4. The Hall–Kier alpha value is -1.92. The van der Waals surface area contributed by atoms with Crippen molar-refractivity contribution >= 4 is 16.8 Å². The Morgan fingerprint density at radius 3 is 3.22 bits per heavy atom. The van der Waals surface area contributed by atoms with Gasteiger partial charge in [-0.15, -0.1) is 0 Å². The van der Waals surface area contributed by atoms with Crippen molar-refractivity contribution in [1.82, 2.24) is 20.4 Å². The van der Waals surface area contributed by atoms with Gasteiger partial charge in [-0.1, -0.05) is 26.0 Å². The first-order chi connectivity index (χ1) is 11.1. The van der Waals surface area contributed by atoms with Gasteiger partial charge < -0.3 is 10.1 Å². The second-order valence-electron chi connectivity index (χ2n) is 6.50. The predicted molar refractivity (Wildman–Crippen MR) is 89.4 cm³/mol. The minimum atomic E-state index is -0.0931. The fourth-order valence-corrected chi connectivity index (χ4v) is 3.05. The fourth-order valence-electron chi connectivity index (χ4n) is 3.05. The molecule has 6 heteroatoms. The number of ether oxygens (including phenoxy) is 1. The molecule has 3 rings (SSSR count). The van der Waals surface area contributed by atoms with E-state index >= 15 is 0 Å². The SMILES string of the molecule is CC(C)CN1CCOC(CNC(=O)c2cccc3cn[nH]c23)C1. The smallest absolute Gasteiger partial charge is 0.253 e. The lowest BCUT2D eigenvalue weighted by atomic mass is 10.1. The fraction of sp³-hybridized carbons (Fsp3) is 0.529. The number of H-pyrrole nitrogens is 1. The van der Waals surface area contributed by atoms with Crippen LogP contribution < -0.4 is 5.32 Å². The molecule has 2 N–H and O–H groups in total. The van der Waals surface area contributed by atoms with Gasteiger partial charge in [0, 0.05) is 31.6 Å². The third-order valence-corrected chi connectivity index (χ3v) is 4.06. The number of carbonyl (C=O) groups is 1. The highest BCUT2D eigenvalue weighted by Gasteiger charge is 2.22. The van der Waals surface area contributed by atoms with E-state index < -0.39 is 0 Å². The quantitative estimate of drug-likeness (QED) is 0.880. The predicted octanol–water partition coefficient (Wildman–Crippen LogP) is 1.65. The average molecular weight is 316 g/mol. The Kier molecular flexibility index (Phi) is 4.93. The van der Waals surface area contributed by atoms with Crippen LogP contribution in [0.1, 0.15) is 24.2 Å². The second-order valence-corrected chi connectivity index (χ2v) is 6.50. The third-order valence-electron chi connectivity index (χ3n) is 4.06. The molecule has 2 heterocycles. The van der Waals surface area contributed by atoms with Crippen LogP contribution in [-0.2, 0) is 4.74 Å². The van der Waals surface area contributed by atoms with E-state index in [0.717, 1.165) is 37.1 Å². The van der Waals surface area contributed by atoms with Gasteiger partial charge in [-0.3, -0.25) is 14.8 Å². The lowest BCUT2D eigenvalue weighted by molar-refractivity contribution is -0.0295. The molecule has 1 aliphatic heterocycles. The number of rotatable bonds is 5. The number of para-hydroxylation sites is 1. The monoisotopic (exact) mass is 316 g/mol. The van der Waals surface area contributed by atoms with Crippen molar-refractivity contribution in [2.24, 2.45) is 5.92 Å². The van der Waals surface area contributed by atoms with Gasteiger partial charge in [-0.25, -0.2) is 0 Å². The van der Waals surface area contributed by atoms with E-state index in [4.69, 9.17) is 4.74 Å². The summed E-state index contributed by atoms with van der Waals surface area (Å²) in [7, 11) is 0. The molecule has 1 aromatic carbocycles. The van der Waals surface area contributed by atoms with E-state index in [1.165, 1.54) is 0 Å². The number of nitrogens with one attached hydrogen (secondary N) is 2. The van der Waals surface area contributed by atoms with Crippen molar-refractivity contribution in [3.63, 3.8) is 0 Å². The van der Waals surface area contributed by atoms with Crippen LogP contribution in [0.15, 0.2) is 24.4 Å². The molecular formula is C17H24N4O2. The first kappa shape index (κ1) is 16.0. The summed E-state index contributed by atoms with van der Waals surface area (Å²) >= 11 is 0. The zero-order valence-electron chi connectivity index (χ0n) is 13.7. The number of benzene rings is 1. The molecule has 1 atom stereocenters. The normalized spacial score (nSPS) is 19.3. The topological polar surface area (TPSA) is 70.2 Å². The van der Waals surface area contributed by atoms with Crippen molar-refractivity contribution in [3.05, 3.63) is 30.0 Å². The zero-order valence-corrected chi connectivity index (χ0v) is 13.7. The maximum Gasteiger partial charge on any atom is 0.253 e. The standard InChI is InChI=1S/C17H24N4O2/c1-12(2)10-21-6-7-23-14(11-21)9-18-17(22)15-5-3-4-13-8-19-20-16(13)15/h3-5,8,12,14H,6-7,9-11H2,1-2H3,(H,18,22)(H,19,20). The van der Waals surface area contributed by atoms with Crippen molar-refractivity contribution in [3.8, 4) is 0 Å². The van der Waals surface area contributed by atoms with Gasteiger partial charge in [-0.2, -0.15) is 5.10 Å². The first-order valence-corrected chi connectivity index (χ1v) is 8.17. The van der Waals surface area contributed by atoms with Crippen LogP contribution in [-0.4, -0.2) is 59.9 Å². The highest BCUT2D eigenvalue weighted by Crippen LogP contribution is 2.15. The Labute approximate surface area is 136 Å². The maximum absolute atomic E-state index is 12.4. The number of aromatic nitrogens is 2. The van der Waals surface area contributed by atoms with E-state index in [1.807, 2.05) is 18.2 Å². The van der Waals surface area contributed by atoms with Crippen LogP contribution in [0.5, 0.6) is 0 Å². The number of aromatic amines is 1. The van der Waals surface area contributed by atoms with Gasteiger partial charge in [-0.05, 0) is 12.0 Å². The van der Waals surface area contributed by atoms with Crippen LogP contribution in [0.3, 0.4) is 0 Å².